The topological polar surface area (TPSA) is 59.3 Å². The third-order valence-electron chi connectivity index (χ3n) is 4.26. The molecule has 5 heteroatoms. The van der Waals surface area contributed by atoms with Crippen LogP contribution in [0.4, 0.5) is 0 Å². The Morgan fingerprint density at radius 1 is 1.37 bits per heavy atom. The van der Waals surface area contributed by atoms with Crippen LogP contribution in [-0.4, -0.2) is 29.9 Å². The molecule has 1 heterocycles. The third kappa shape index (κ3) is 2.83. The first-order valence-corrected chi connectivity index (χ1v) is 7.48. The maximum Gasteiger partial charge on any atom is 0.170 e. The normalized spacial score (nSPS) is 36.8. The van der Waals surface area contributed by atoms with Gasteiger partial charge in [0.1, 0.15) is 0 Å². The van der Waals surface area contributed by atoms with Gasteiger partial charge in [0.05, 0.1) is 6.10 Å². The van der Waals surface area contributed by atoms with Crippen LogP contribution in [0.1, 0.15) is 25.7 Å². The Bertz CT molecular complexity index is 421. The highest BCUT2D eigenvalue weighted by atomic mass is 32.1. The Kier molecular flexibility index (Phi) is 3.86. The van der Waals surface area contributed by atoms with Crippen LogP contribution in [0, 0.1) is 5.92 Å². The van der Waals surface area contributed by atoms with Crippen molar-refractivity contribution in [3.63, 3.8) is 0 Å². The van der Waals surface area contributed by atoms with E-state index in [4.69, 9.17) is 22.7 Å². The molecule has 4 unspecified atom stereocenters. The summed E-state index contributed by atoms with van der Waals surface area (Å²) in [5.74, 6) is 0.419. The number of hydrogen-bond acceptors (Lipinski definition) is 3. The summed E-state index contributed by atoms with van der Waals surface area (Å²) < 4.78 is 5.67. The molecule has 0 spiro atoms. The zero-order valence-electron chi connectivity index (χ0n) is 11.0. The molecule has 4 nitrogen and oxygen atoms in total. The molecule has 2 aliphatic carbocycles. The van der Waals surface area contributed by atoms with E-state index in [1.807, 2.05) is 6.08 Å². The fourth-order valence-corrected chi connectivity index (χ4v) is 3.43. The first-order chi connectivity index (χ1) is 9.24. The standard InChI is InChI=1S/C14H21N3OS/c15-10-3-1-5-12(10)17-14(19)16-11-4-2-6-13-9(11)7-8-18-13/h2,4,6,9-10,12-13H,1,3,5,7-8,15H2,(H2,16,17,19). The Labute approximate surface area is 119 Å². The van der Waals surface area contributed by atoms with E-state index in [2.05, 4.69) is 22.8 Å². The van der Waals surface area contributed by atoms with Gasteiger partial charge < -0.3 is 21.1 Å². The van der Waals surface area contributed by atoms with Gasteiger partial charge in [0.15, 0.2) is 5.11 Å². The first-order valence-electron chi connectivity index (χ1n) is 7.07. The molecule has 0 amide bonds. The zero-order chi connectivity index (χ0) is 13.2. The molecule has 19 heavy (non-hydrogen) atoms. The van der Waals surface area contributed by atoms with E-state index in [0.29, 0.717) is 17.1 Å². The third-order valence-corrected chi connectivity index (χ3v) is 4.48. The Balaban J connectivity index is 1.57. The summed E-state index contributed by atoms with van der Waals surface area (Å²) in [5.41, 5.74) is 7.21. The van der Waals surface area contributed by atoms with E-state index >= 15 is 0 Å². The van der Waals surface area contributed by atoms with Gasteiger partial charge in [-0.25, -0.2) is 0 Å². The first kappa shape index (κ1) is 13.1. The van der Waals surface area contributed by atoms with Gasteiger partial charge in [0, 0.05) is 30.3 Å². The van der Waals surface area contributed by atoms with Crippen LogP contribution in [0.15, 0.2) is 23.9 Å². The average Bonchev–Trinajstić information content (AvgIpc) is 3.00. The molecule has 4 atom stereocenters. The van der Waals surface area contributed by atoms with E-state index in [1.165, 1.54) is 6.42 Å². The molecule has 0 radical (unpaired) electrons. The van der Waals surface area contributed by atoms with Crippen molar-refractivity contribution >= 4 is 17.3 Å². The summed E-state index contributed by atoms with van der Waals surface area (Å²) in [6.07, 6.45) is 10.9. The van der Waals surface area contributed by atoms with Gasteiger partial charge in [-0.05, 0) is 44.0 Å². The van der Waals surface area contributed by atoms with Gasteiger partial charge >= 0.3 is 0 Å². The molecule has 1 saturated carbocycles. The van der Waals surface area contributed by atoms with Gasteiger partial charge in [0.25, 0.3) is 0 Å². The minimum absolute atomic E-state index is 0.212. The highest BCUT2D eigenvalue weighted by Gasteiger charge is 2.32. The van der Waals surface area contributed by atoms with Gasteiger partial charge in [0.2, 0.25) is 0 Å². The van der Waals surface area contributed by atoms with Crippen molar-refractivity contribution in [2.24, 2.45) is 11.7 Å². The lowest BCUT2D eigenvalue weighted by Crippen LogP contribution is -2.48. The minimum atomic E-state index is 0.212. The van der Waals surface area contributed by atoms with Crippen LogP contribution < -0.4 is 16.4 Å². The van der Waals surface area contributed by atoms with Crippen LogP contribution in [0.25, 0.3) is 0 Å². The predicted octanol–water partition coefficient (Wildman–Crippen LogP) is 1.19. The number of nitrogens with one attached hydrogen (secondary N) is 2. The maximum atomic E-state index is 6.05. The van der Waals surface area contributed by atoms with Crippen molar-refractivity contribution in [2.45, 2.75) is 43.9 Å². The van der Waals surface area contributed by atoms with Gasteiger partial charge in [-0.1, -0.05) is 12.2 Å². The molecular weight excluding hydrogens is 258 g/mol. The highest BCUT2D eigenvalue weighted by Crippen LogP contribution is 2.30. The Morgan fingerprint density at radius 3 is 3.05 bits per heavy atom. The summed E-state index contributed by atoms with van der Waals surface area (Å²) in [4.78, 5) is 0. The molecule has 3 rings (SSSR count). The smallest absolute Gasteiger partial charge is 0.170 e. The van der Waals surface area contributed by atoms with Crippen LogP contribution in [0.2, 0.25) is 0 Å². The molecule has 0 aromatic carbocycles. The number of allylic oxidation sites excluding steroid dienone is 2. The fraction of sp³-hybridized carbons (Fsp3) is 0.643. The second-order valence-electron chi connectivity index (χ2n) is 5.54. The summed E-state index contributed by atoms with van der Waals surface area (Å²) >= 11 is 5.40. The van der Waals surface area contributed by atoms with Crippen LogP contribution in [0.3, 0.4) is 0 Å². The maximum absolute atomic E-state index is 6.05. The number of hydrogen-bond donors (Lipinski definition) is 3. The molecule has 3 aliphatic rings. The van der Waals surface area contributed by atoms with E-state index in [9.17, 15) is 0 Å². The summed E-state index contributed by atoms with van der Waals surface area (Å²) in [5, 5.41) is 7.37. The summed E-state index contributed by atoms with van der Waals surface area (Å²) in [7, 11) is 0. The molecule has 0 aromatic rings. The number of nitrogens with two attached hydrogens (primary N) is 1. The van der Waals surface area contributed by atoms with Gasteiger partial charge in [-0.3, -0.25) is 0 Å². The van der Waals surface area contributed by atoms with Crippen molar-refractivity contribution in [2.75, 3.05) is 6.61 Å². The number of rotatable bonds is 2. The quantitative estimate of drug-likeness (QED) is 0.663. The highest BCUT2D eigenvalue weighted by molar-refractivity contribution is 7.80. The molecule has 0 aromatic heterocycles. The summed E-state index contributed by atoms with van der Waals surface area (Å²) in [6.45, 7) is 0.826. The van der Waals surface area contributed by atoms with Crippen molar-refractivity contribution in [3.8, 4) is 0 Å². The van der Waals surface area contributed by atoms with E-state index in [1.54, 1.807) is 0 Å². The SMILES string of the molecule is NC1CCCC1NC(=S)NC1=CC=CC2OCCC12. The van der Waals surface area contributed by atoms with Crippen molar-refractivity contribution in [1.82, 2.24) is 10.6 Å². The Morgan fingerprint density at radius 2 is 2.26 bits per heavy atom. The van der Waals surface area contributed by atoms with Gasteiger partial charge in [-0.15, -0.1) is 0 Å². The van der Waals surface area contributed by atoms with E-state index in [0.717, 1.165) is 31.6 Å². The molecule has 1 saturated heterocycles. The van der Waals surface area contributed by atoms with Gasteiger partial charge in [-0.2, -0.15) is 0 Å². The van der Waals surface area contributed by atoms with Crippen LogP contribution >= 0.6 is 12.2 Å². The van der Waals surface area contributed by atoms with Crippen LogP contribution in [0.5, 0.6) is 0 Å². The van der Waals surface area contributed by atoms with Crippen molar-refractivity contribution in [1.29, 1.82) is 0 Å². The van der Waals surface area contributed by atoms with Crippen molar-refractivity contribution < 1.29 is 4.74 Å². The lowest BCUT2D eigenvalue weighted by molar-refractivity contribution is 0.132. The van der Waals surface area contributed by atoms with E-state index in [-0.39, 0.29) is 12.1 Å². The molecule has 2 fully saturated rings. The largest absolute Gasteiger partial charge is 0.373 e. The predicted molar refractivity (Wildman–Crippen MR) is 79.6 cm³/mol. The molecule has 1 aliphatic heterocycles. The van der Waals surface area contributed by atoms with E-state index < -0.39 is 0 Å². The Hall–Kier alpha value is -0.910. The average molecular weight is 279 g/mol. The summed E-state index contributed by atoms with van der Waals surface area (Å²) in [6, 6.07) is 0.540. The molecular formula is C14H21N3OS. The number of thiocarbonyl (C=S) groups is 1. The fourth-order valence-electron chi connectivity index (χ4n) is 3.16. The zero-order valence-corrected chi connectivity index (χ0v) is 11.8. The second-order valence-corrected chi connectivity index (χ2v) is 5.95. The monoisotopic (exact) mass is 279 g/mol. The molecule has 104 valence electrons. The minimum Gasteiger partial charge on any atom is -0.373 e. The molecule has 0 bridgehead atoms. The molecule has 4 N–H and O–H groups in total. The van der Waals surface area contributed by atoms with Crippen LogP contribution in [-0.2, 0) is 4.74 Å². The van der Waals surface area contributed by atoms with Crippen molar-refractivity contribution in [3.05, 3.63) is 23.9 Å². The second kappa shape index (κ2) is 5.61. The lowest BCUT2D eigenvalue weighted by atomic mass is 9.93. The lowest BCUT2D eigenvalue weighted by Gasteiger charge is -2.25. The number of ether oxygens (including phenoxy) is 1. The number of fused-ring (bicyclic) bond motifs is 1.